The van der Waals surface area contributed by atoms with Crippen LogP contribution >= 0.6 is 15.9 Å². The second-order valence-corrected chi connectivity index (χ2v) is 8.25. The molecule has 0 spiro atoms. The Hall–Kier alpha value is -2.68. The number of nitrogens with one attached hydrogen (secondary N) is 2. The molecule has 8 nitrogen and oxygen atoms in total. The Labute approximate surface area is 170 Å². The van der Waals surface area contributed by atoms with Gasteiger partial charge >= 0.3 is 6.03 Å². The molecule has 2 N–H and O–H groups in total. The second-order valence-electron chi connectivity index (χ2n) is 7.33. The van der Waals surface area contributed by atoms with E-state index in [1.807, 2.05) is 6.07 Å². The van der Waals surface area contributed by atoms with Crippen molar-refractivity contribution < 1.29 is 9.59 Å². The first-order valence-electron chi connectivity index (χ1n) is 9.37. The Bertz CT molecular complexity index is 963. The van der Waals surface area contributed by atoms with Crippen LogP contribution in [0.15, 0.2) is 34.9 Å². The lowest BCUT2D eigenvalue weighted by molar-refractivity contribution is 0.0946. The summed E-state index contributed by atoms with van der Waals surface area (Å²) in [5, 5.41) is 5.81. The van der Waals surface area contributed by atoms with Gasteiger partial charge in [0, 0.05) is 29.8 Å². The standard InChI is InChI=1S/C19H19BrN6O2/c20-11-5-7-21-16(9-11)24-19(28)26-13-6-8-25(10-13)15-4-3-14(23-17(15)26)18(27)22-12-1-2-12/h3-5,7,9,12-13H,1-2,6,8,10H2,(H,22,27)(H,21,24,28)/t13-/m0/s1. The largest absolute Gasteiger partial charge is 0.366 e. The zero-order valence-electron chi connectivity index (χ0n) is 15.1. The molecular formula is C19H19BrN6O2. The number of anilines is 3. The van der Waals surface area contributed by atoms with Gasteiger partial charge in [0.25, 0.3) is 5.91 Å². The summed E-state index contributed by atoms with van der Waals surface area (Å²) in [6.07, 6.45) is 4.51. The van der Waals surface area contributed by atoms with Crippen molar-refractivity contribution in [2.75, 3.05) is 28.2 Å². The van der Waals surface area contributed by atoms with Crippen molar-refractivity contribution in [3.63, 3.8) is 0 Å². The lowest BCUT2D eigenvalue weighted by Crippen LogP contribution is -2.48. The van der Waals surface area contributed by atoms with Crippen LogP contribution in [-0.2, 0) is 0 Å². The number of halogens is 1. The predicted octanol–water partition coefficient (Wildman–Crippen LogP) is 2.76. The summed E-state index contributed by atoms with van der Waals surface area (Å²) >= 11 is 3.39. The average molecular weight is 443 g/mol. The summed E-state index contributed by atoms with van der Waals surface area (Å²) in [5.41, 5.74) is 1.22. The van der Waals surface area contributed by atoms with Crippen LogP contribution in [0.2, 0.25) is 0 Å². The van der Waals surface area contributed by atoms with Crippen LogP contribution in [0.5, 0.6) is 0 Å². The number of carbonyl (C=O) groups excluding carboxylic acids is 2. The van der Waals surface area contributed by atoms with E-state index in [1.54, 1.807) is 29.3 Å². The minimum atomic E-state index is -0.286. The SMILES string of the molecule is O=C(NC1CC1)c1ccc2c(n1)N(C(=O)Nc1cc(Br)ccn1)[C@H]1CCN2C1. The van der Waals surface area contributed by atoms with Gasteiger partial charge in [-0.2, -0.15) is 0 Å². The van der Waals surface area contributed by atoms with Crippen LogP contribution in [-0.4, -0.2) is 47.1 Å². The van der Waals surface area contributed by atoms with Crippen molar-refractivity contribution in [2.45, 2.75) is 31.3 Å². The third-order valence-electron chi connectivity index (χ3n) is 5.27. The van der Waals surface area contributed by atoms with Crippen LogP contribution < -0.4 is 20.4 Å². The smallest absolute Gasteiger partial charge is 0.329 e. The predicted molar refractivity (Wildman–Crippen MR) is 109 cm³/mol. The third-order valence-corrected chi connectivity index (χ3v) is 5.77. The highest BCUT2D eigenvalue weighted by atomic mass is 79.9. The summed E-state index contributed by atoms with van der Waals surface area (Å²) in [4.78, 5) is 38.2. The van der Waals surface area contributed by atoms with E-state index in [1.165, 1.54) is 0 Å². The molecule has 1 saturated carbocycles. The average Bonchev–Trinajstić information content (AvgIpc) is 3.40. The van der Waals surface area contributed by atoms with Crippen molar-refractivity contribution in [1.82, 2.24) is 15.3 Å². The maximum atomic E-state index is 13.1. The minimum Gasteiger partial charge on any atom is -0.366 e. The molecule has 2 aromatic heterocycles. The van der Waals surface area contributed by atoms with Crippen LogP contribution in [0.1, 0.15) is 29.8 Å². The molecule has 2 aromatic rings. The molecule has 0 aromatic carbocycles. The molecule has 4 heterocycles. The van der Waals surface area contributed by atoms with Gasteiger partial charge < -0.3 is 10.2 Å². The van der Waals surface area contributed by atoms with Gasteiger partial charge in [0.2, 0.25) is 0 Å². The number of hydrogen-bond acceptors (Lipinski definition) is 5. The molecule has 2 aliphatic heterocycles. The van der Waals surface area contributed by atoms with E-state index in [0.717, 1.165) is 42.5 Å². The van der Waals surface area contributed by atoms with E-state index in [0.29, 0.717) is 17.3 Å². The summed E-state index contributed by atoms with van der Waals surface area (Å²) < 4.78 is 0.834. The summed E-state index contributed by atoms with van der Waals surface area (Å²) in [6.45, 7) is 1.63. The van der Waals surface area contributed by atoms with E-state index in [4.69, 9.17) is 0 Å². The zero-order valence-corrected chi connectivity index (χ0v) is 16.6. The molecule has 1 saturated heterocycles. The van der Waals surface area contributed by atoms with E-state index in [2.05, 4.69) is 41.4 Å². The van der Waals surface area contributed by atoms with Gasteiger partial charge in [-0.25, -0.2) is 14.8 Å². The highest BCUT2D eigenvalue weighted by Gasteiger charge is 2.40. The molecule has 5 rings (SSSR count). The number of fused-ring (bicyclic) bond motifs is 4. The molecule has 2 fully saturated rings. The van der Waals surface area contributed by atoms with Gasteiger partial charge in [0.15, 0.2) is 5.82 Å². The molecule has 1 atom stereocenters. The molecule has 0 radical (unpaired) electrons. The second kappa shape index (κ2) is 6.73. The van der Waals surface area contributed by atoms with Crippen molar-refractivity contribution in [3.05, 3.63) is 40.6 Å². The van der Waals surface area contributed by atoms with E-state index >= 15 is 0 Å². The Balaban J connectivity index is 1.46. The van der Waals surface area contributed by atoms with Crippen molar-refractivity contribution in [2.24, 2.45) is 0 Å². The topological polar surface area (TPSA) is 90.5 Å². The minimum absolute atomic E-state index is 0.0221. The Kier molecular flexibility index (Phi) is 4.19. The summed E-state index contributed by atoms with van der Waals surface area (Å²) in [7, 11) is 0. The fraction of sp³-hybridized carbons (Fsp3) is 0.368. The number of nitrogens with zero attached hydrogens (tertiary/aromatic N) is 4. The quantitative estimate of drug-likeness (QED) is 0.762. The molecule has 2 bridgehead atoms. The Morgan fingerprint density at radius 3 is 2.82 bits per heavy atom. The molecule has 3 amide bonds. The number of rotatable bonds is 3. The van der Waals surface area contributed by atoms with E-state index in [-0.39, 0.29) is 24.0 Å². The van der Waals surface area contributed by atoms with Gasteiger partial charge in [-0.3, -0.25) is 15.0 Å². The van der Waals surface area contributed by atoms with Crippen molar-refractivity contribution >= 4 is 45.2 Å². The van der Waals surface area contributed by atoms with E-state index in [9.17, 15) is 9.59 Å². The van der Waals surface area contributed by atoms with Crippen LogP contribution in [0, 0.1) is 0 Å². The Morgan fingerprint density at radius 1 is 1.18 bits per heavy atom. The van der Waals surface area contributed by atoms with Gasteiger partial charge in [-0.15, -0.1) is 0 Å². The van der Waals surface area contributed by atoms with Gasteiger partial charge in [0.05, 0.1) is 11.7 Å². The van der Waals surface area contributed by atoms with Gasteiger partial charge in [-0.05, 0) is 43.5 Å². The lowest BCUT2D eigenvalue weighted by Gasteiger charge is -2.35. The normalized spacial score (nSPS) is 20.0. The molecule has 28 heavy (non-hydrogen) atoms. The molecule has 144 valence electrons. The maximum absolute atomic E-state index is 13.1. The molecule has 3 aliphatic rings. The molecular weight excluding hydrogens is 424 g/mol. The fourth-order valence-corrected chi connectivity index (χ4v) is 4.06. The lowest BCUT2D eigenvalue weighted by atomic mass is 10.1. The fourth-order valence-electron chi connectivity index (χ4n) is 3.73. The first kappa shape index (κ1) is 17.4. The number of aromatic nitrogens is 2. The monoisotopic (exact) mass is 442 g/mol. The van der Waals surface area contributed by atoms with Crippen LogP contribution in [0.25, 0.3) is 0 Å². The first-order chi connectivity index (χ1) is 13.6. The number of hydrogen-bond donors (Lipinski definition) is 2. The highest BCUT2D eigenvalue weighted by molar-refractivity contribution is 9.10. The Morgan fingerprint density at radius 2 is 2.04 bits per heavy atom. The zero-order chi connectivity index (χ0) is 19.3. The highest BCUT2D eigenvalue weighted by Crippen LogP contribution is 2.39. The van der Waals surface area contributed by atoms with Crippen LogP contribution in [0.4, 0.5) is 22.1 Å². The van der Waals surface area contributed by atoms with Crippen molar-refractivity contribution in [3.8, 4) is 0 Å². The molecule has 9 heteroatoms. The van der Waals surface area contributed by atoms with E-state index < -0.39 is 0 Å². The number of amides is 3. The van der Waals surface area contributed by atoms with Gasteiger partial charge in [-0.1, -0.05) is 15.9 Å². The molecule has 0 unspecified atom stereocenters. The first-order valence-corrected chi connectivity index (χ1v) is 10.2. The number of carbonyl (C=O) groups is 2. The maximum Gasteiger partial charge on any atom is 0.329 e. The summed E-state index contributed by atoms with van der Waals surface area (Å²) in [5.74, 6) is 0.806. The van der Waals surface area contributed by atoms with Crippen LogP contribution in [0.3, 0.4) is 0 Å². The van der Waals surface area contributed by atoms with Crippen molar-refractivity contribution in [1.29, 1.82) is 0 Å². The number of pyridine rings is 2. The van der Waals surface area contributed by atoms with Gasteiger partial charge in [0.1, 0.15) is 11.5 Å². The molecule has 1 aliphatic carbocycles. The third kappa shape index (κ3) is 3.19. The number of urea groups is 1. The summed E-state index contributed by atoms with van der Waals surface area (Å²) in [6, 6.07) is 7.17.